The van der Waals surface area contributed by atoms with E-state index in [0.717, 1.165) is 17.0 Å². The number of piperidine rings is 1. The van der Waals surface area contributed by atoms with Crippen molar-refractivity contribution in [2.75, 3.05) is 25.4 Å². The number of carbonyl (C=O) groups is 2. The summed E-state index contributed by atoms with van der Waals surface area (Å²) in [5.74, 6) is 3.74. The van der Waals surface area contributed by atoms with Crippen LogP contribution in [-0.4, -0.2) is 50.6 Å². The van der Waals surface area contributed by atoms with E-state index in [4.69, 9.17) is 4.74 Å². The number of ether oxygens (including phenoxy) is 1. The Labute approximate surface area is 166 Å². The Morgan fingerprint density at radius 1 is 1.14 bits per heavy atom. The number of halogens is 3. The number of amides is 2. The first-order valence-corrected chi connectivity index (χ1v) is 10.3. The van der Waals surface area contributed by atoms with Crippen LogP contribution in [0.1, 0.15) is 24.8 Å². The fourth-order valence-electron chi connectivity index (χ4n) is 2.47. The van der Waals surface area contributed by atoms with E-state index < -0.39 is 27.5 Å². The van der Waals surface area contributed by atoms with E-state index >= 15 is 0 Å². The van der Waals surface area contributed by atoms with Crippen LogP contribution in [-0.2, 0) is 25.8 Å². The first-order valence-electron chi connectivity index (χ1n) is 8.65. The molecular formula is C18H19F3N2O5S. The van der Waals surface area contributed by atoms with Crippen molar-refractivity contribution in [2.24, 2.45) is 0 Å². The second-order valence-electron chi connectivity index (χ2n) is 6.10. The zero-order chi connectivity index (χ0) is 21.5. The van der Waals surface area contributed by atoms with E-state index in [1.165, 1.54) is 12.1 Å². The van der Waals surface area contributed by atoms with Gasteiger partial charge in [0.15, 0.2) is 0 Å². The molecule has 1 N–H and O–H groups in total. The molecule has 1 aromatic rings. The number of nitrogens with zero attached hydrogens (tertiary/aromatic N) is 1. The number of imide groups is 1. The van der Waals surface area contributed by atoms with E-state index in [0.29, 0.717) is 6.42 Å². The summed E-state index contributed by atoms with van der Waals surface area (Å²) in [7, 11) is -3.75. The molecule has 7 nitrogen and oxygen atoms in total. The van der Waals surface area contributed by atoms with Gasteiger partial charge in [0.25, 0.3) is 0 Å². The van der Waals surface area contributed by atoms with E-state index in [9.17, 15) is 31.2 Å². The summed E-state index contributed by atoms with van der Waals surface area (Å²) in [6.07, 6.45) is -3.57. The van der Waals surface area contributed by atoms with Crippen molar-refractivity contribution >= 4 is 21.8 Å². The lowest BCUT2D eigenvalue weighted by Crippen LogP contribution is -2.44. The van der Waals surface area contributed by atoms with Gasteiger partial charge in [-0.05, 0) is 24.6 Å². The van der Waals surface area contributed by atoms with Gasteiger partial charge in [-0.1, -0.05) is 17.9 Å². The monoisotopic (exact) mass is 432 g/mol. The molecule has 0 bridgehead atoms. The fourth-order valence-corrected chi connectivity index (χ4v) is 3.33. The van der Waals surface area contributed by atoms with Crippen LogP contribution in [0.25, 0.3) is 0 Å². The normalized spacial score (nSPS) is 15.1. The van der Waals surface area contributed by atoms with E-state index in [1.807, 2.05) is 0 Å². The number of alkyl halides is 3. The molecule has 0 radical (unpaired) electrons. The minimum absolute atomic E-state index is 0.00873. The number of benzene rings is 1. The summed E-state index contributed by atoms with van der Waals surface area (Å²) >= 11 is 0. The Kier molecular flexibility index (Phi) is 7.64. The third-order valence-electron chi connectivity index (χ3n) is 3.94. The maximum atomic E-state index is 12.6. The van der Waals surface area contributed by atoms with Crippen molar-refractivity contribution < 1.29 is 35.9 Å². The van der Waals surface area contributed by atoms with Crippen LogP contribution in [0.4, 0.5) is 13.2 Å². The van der Waals surface area contributed by atoms with Crippen LogP contribution >= 0.6 is 0 Å². The van der Waals surface area contributed by atoms with Crippen LogP contribution < -0.4 is 9.46 Å². The van der Waals surface area contributed by atoms with Gasteiger partial charge < -0.3 is 4.74 Å². The molecule has 0 aromatic heterocycles. The molecule has 1 fully saturated rings. The van der Waals surface area contributed by atoms with E-state index in [1.54, 1.807) is 0 Å². The van der Waals surface area contributed by atoms with Crippen LogP contribution in [0, 0.1) is 11.8 Å². The SMILES string of the molecule is O=C1CCCC(=O)N1CCS(=O)(=O)NCC#CCOc1cccc(C(F)(F)F)c1. The Morgan fingerprint density at radius 3 is 2.48 bits per heavy atom. The average Bonchev–Trinajstić information content (AvgIpc) is 2.63. The Bertz CT molecular complexity index is 903. The van der Waals surface area contributed by atoms with Crippen LogP contribution in [0.5, 0.6) is 5.75 Å². The molecule has 0 saturated carbocycles. The quantitative estimate of drug-likeness (QED) is 0.521. The molecule has 2 rings (SSSR count). The van der Waals surface area contributed by atoms with Crippen molar-refractivity contribution in [3.63, 3.8) is 0 Å². The van der Waals surface area contributed by atoms with Crippen molar-refractivity contribution in [3.8, 4) is 17.6 Å². The molecule has 0 unspecified atom stereocenters. The lowest BCUT2D eigenvalue weighted by Gasteiger charge is -2.24. The van der Waals surface area contributed by atoms with Gasteiger partial charge in [0, 0.05) is 19.4 Å². The second-order valence-corrected chi connectivity index (χ2v) is 8.03. The molecule has 11 heteroatoms. The Balaban J connectivity index is 1.75. The Hall–Kier alpha value is -2.58. The van der Waals surface area contributed by atoms with Crippen LogP contribution in [0.2, 0.25) is 0 Å². The maximum Gasteiger partial charge on any atom is 0.416 e. The second kappa shape index (κ2) is 9.76. The van der Waals surface area contributed by atoms with Crippen molar-refractivity contribution in [1.29, 1.82) is 0 Å². The molecule has 1 aliphatic heterocycles. The number of likely N-dealkylation sites (tertiary alicyclic amines) is 1. The Morgan fingerprint density at radius 2 is 1.83 bits per heavy atom. The smallest absolute Gasteiger partial charge is 0.416 e. The van der Waals surface area contributed by atoms with Crippen LogP contribution in [0.15, 0.2) is 24.3 Å². The molecule has 158 valence electrons. The largest absolute Gasteiger partial charge is 0.481 e. The summed E-state index contributed by atoms with van der Waals surface area (Å²) in [4.78, 5) is 24.2. The predicted molar refractivity (Wildman–Crippen MR) is 97.1 cm³/mol. The standard InChI is InChI=1S/C18H19F3N2O5S/c19-18(20,21)14-5-3-6-15(13-14)28-11-2-1-9-22-29(26,27)12-10-23-16(24)7-4-8-17(23)25/h3,5-6,13,22H,4,7-12H2. The maximum absolute atomic E-state index is 12.6. The highest BCUT2D eigenvalue weighted by molar-refractivity contribution is 7.89. The number of hydrogen-bond donors (Lipinski definition) is 1. The summed E-state index contributed by atoms with van der Waals surface area (Å²) in [5.41, 5.74) is -0.846. The van der Waals surface area contributed by atoms with Crippen LogP contribution in [0.3, 0.4) is 0 Å². The molecular weight excluding hydrogens is 413 g/mol. The van der Waals surface area contributed by atoms with Crippen molar-refractivity contribution in [1.82, 2.24) is 9.62 Å². The summed E-state index contributed by atoms with van der Waals surface area (Å²) in [6, 6.07) is 4.31. The van der Waals surface area contributed by atoms with Crippen molar-refractivity contribution in [2.45, 2.75) is 25.4 Å². The van der Waals surface area contributed by atoms with Gasteiger partial charge >= 0.3 is 6.18 Å². The highest BCUT2D eigenvalue weighted by Crippen LogP contribution is 2.31. The summed E-state index contributed by atoms with van der Waals surface area (Å²) < 4.78 is 68.9. The molecule has 0 atom stereocenters. The third-order valence-corrected chi connectivity index (χ3v) is 5.25. The first-order chi connectivity index (χ1) is 13.6. The van der Waals surface area contributed by atoms with E-state index in [2.05, 4.69) is 16.6 Å². The van der Waals surface area contributed by atoms with E-state index in [-0.39, 0.29) is 50.1 Å². The zero-order valence-electron chi connectivity index (χ0n) is 15.3. The molecule has 1 heterocycles. The molecule has 1 saturated heterocycles. The number of carbonyl (C=O) groups excluding carboxylic acids is 2. The number of nitrogens with one attached hydrogen (secondary N) is 1. The molecule has 0 spiro atoms. The highest BCUT2D eigenvalue weighted by Gasteiger charge is 2.30. The lowest BCUT2D eigenvalue weighted by atomic mass is 10.1. The van der Waals surface area contributed by atoms with Gasteiger partial charge in [0.05, 0.1) is 17.9 Å². The first kappa shape index (κ1) is 22.7. The molecule has 2 amide bonds. The van der Waals surface area contributed by atoms with Gasteiger partial charge in [0.1, 0.15) is 12.4 Å². The number of sulfonamides is 1. The highest BCUT2D eigenvalue weighted by atomic mass is 32.2. The minimum Gasteiger partial charge on any atom is -0.481 e. The van der Waals surface area contributed by atoms with Gasteiger partial charge in [0.2, 0.25) is 21.8 Å². The van der Waals surface area contributed by atoms with Gasteiger partial charge in [-0.15, -0.1) is 0 Å². The van der Waals surface area contributed by atoms with Gasteiger partial charge in [-0.3, -0.25) is 14.5 Å². The third kappa shape index (κ3) is 7.40. The number of hydrogen-bond acceptors (Lipinski definition) is 5. The summed E-state index contributed by atoms with van der Waals surface area (Å²) in [5, 5.41) is 0. The zero-order valence-corrected chi connectivity index (χ0v) is 16.1. The van der Waals surface area contributed by atoms with Gasteiger partial charge in [-0.2, -0.15) is 13.2 Å². The predicted octanol–water partition coefficient (Wildman–Crippen LogP) is 1.55. The topological polar surface area (TPSA) is 92.8 Å². The molecule has 1 aromatic carbocycles. The van der Waals surface area contributed by atoms with Crippen molar-refractivity contribution in [3.05, 3.63) is 29.8 Å². The minimum atomic E-state index is -4.48. The molecule has 0 aliphatic carbocycles. The molecule has 29 heavy (non-hydrogen) atoms. The molecule has 1 aliphatic rings. The average molecular weight is 432 g/mol. The summed E-state index contributed by atoms with van der Waals surface area (Å²) in [6.45, 7) is -0.685. The van der Waals surface area contributed by atoms with Gasteiger partial charge in [-0.25, -0.2) is 13.1 Å². The number of rotatable bonds is 7. The lowest BCUT2D eigenvalue weighted by molar-refractivity contribution is -0.147. The fraction of sp³-hybridized carbons (Fsp3) is 0.444.